The molecule has 4 nitrogen and oxygen atoms in total. The van der Waals surface area contributed by atoms with Crippen LogP contribution in [0.25, 0.3) is 0 Å². The molecule has 0 aliphatic rings. The number of aryl methyl sites for hydroxylation is 1. The van der Waals surface area contributed by atoms with Crippen molar-refractivity contribution >= 4 is 23.3 Å². The molecule has 6 heteroatoms. The quantitative estimate of drug-likeness (QED) is 0.715. The van der Waals surface area contributed by atoms with Crippen LogP contribution in [-0.4, -0.2) is 15.7 Å². The maximum Gasteiger partial charge on any atom is 0.225 e. The third kappa shape index (κ3) is 5.16. The lowest BCUT2D eigenvalue weighted by molar-refractivity contribution is -0.116. The van der Waals surface area contributed by atoms with E-state index in [0.29, 0.717) is 30.2 Å². The Kier molecular flexibility index (Phi) is 5.46. The van der Waals surface area contributed by atoms with E-state index >= 15 is 0 Å². The molecule has 0 atom stereocenters. The molecule has 25 heavy (non-hydrogen) atoms. The van der Waals surface area contributed by atoms with Crippen molar-refractivity contribution in [3.63, 3.8) is 0 Å². The molecule has 1 aromatic heterocycles. The Morgan fingerprint density at radius 3 is 2.44 bits per heavy atom. The summed E-state index contributed by atoms with van der Waals surface area (Å²) in [4.78, 5) is 12.0. The first kappa shape index (κ1) is 17.2. The molecule has 0 aliphatic carbocycles. The number of aromatic nitrogens is 2. The molecule has 0 aliphatic heterocycles. The topological polar surface area (TPSA) is 46.9 Å². The number of hydrogen-bond donors (Lipinski definition) is 1. The molecule has 3 aromatic rings. The Balaban J connectivity index is 1.51. The van der Waals surface area contributed by atoms with Crippen molar-refractivity contribution in [1.29, 1.82) is 0 Å². The van der Waals surface area contributed by atoms with Gasteiger partial charge in [0.1, 0.15) is 5.82 Å². The van der Waals surface area contributed by atoms with Crippen LogP contribution in [0.1, 0.15) is 17.5 Å². The number of carbonyl (C=O) groups is 1. The average Bonchev–Trinajstić information content (AvgIpc) is 3.03. The van der Waals surface area contributed by atoms with Gasteiger partial charge < -0.3 is 5.32 Å². The fourth-order valence-electron chi connectivity index (χ4n) is 2.41. The highest BCUT2D eigenvalue weighted by Gasteiger charge is 2.06. The number of nitrogens with one attached hydrogen (secondary N) is 1. The summed E-state index contributed by atoms with van der Waals surface area (Å²) in [7, 11) is 0. The maximum atomic E-state index is 12.9. The number of halogens is 2. The smallest absolute Gasteiger partial charge is 0.225 e. The summed E-state index contributed by atoms with van der Waals surface area (Å²) in [6, 6.07) is 15.4. The highest BCUT2D eigenvalue weighted by Crippen LogP contribution is 2.12. The van der Waals surface area contributed by atoms with Crippen molar-refractivity contribution < 1.29 is 9.18 Å². The molecule has 1 N–H and O–H groups in total. The van der Waals surface area contributed by atoms with Crippen LogP contribution in [0.15, 0.2) is 60.8 Å². The molecule has 2 aromatic carbocycles. The Morgan fingerprint density at radius 2 is 1.72 bits per heavy atom. The molecule has 0 fully saturated rings. The molecule has 1 heterocycles. The van der Waals surface area contributed by atoms with E-state index in [1.165, 1.54) is 12.1 Å². The van der Waals surface area contributed by atoms with E-state index in [0.717, 1.165) is 11.1 Å². The predicted molar refractivity (Wildman–Crippen MR) is 96.1 cm³/mol. The molecule has 0 saturated heterocycles. The Morgan fingerprint density at radius 1 is 1.04 bits per heavy atom. The van der Waals surface area contributed by atoms with Crippen LogP contribution in [0.3, 0.4) is 0 Å². The van der Waals surface area contributed by atoms with E-state index in [1.54, 1.807) is 29.1 Å². The highest BCUT2D eigenvalue weighted by atomic mass is 35.5. The van der Waals surface area contributed by atoms with Gasteiger partial charge in [-0.2, -0.15) is 5.10 Å². The monoisotopic (exact) mass is 357 g/mol. The Hall–Kier alpha value is -2.66. The number of amides is 1. The van der Waals surface area contributed by atoms with Gasteiger partial charge in [-0.25, -0.2) is 4.39 Å². The lowest BCUT2D eigenvalue weighted by atomic mass is 10.1. The number of hydrogen-bond acceptors (Lipinski definition) is 2. The summed E-state index contributed by atoms with van der Waals surface area (Å²) in [6.07, 6.45) is 2.78. The zero-order valence-electron chi connectivity index (χ0n) is 13.5. The van der Waals surface area contributed by atoms with Gasteiger partial charge in [0.25, 0.3) is 0 Å². The van der Waals surface area contributed by atoms with E-state index in [9.17, 15) is 9.18 Å². The van der Waals surface area contributed by atoms with Crippen LogP contribution in [-0.2, 0) is 17.8 Å². The van der Waals surface area contributed by atoms with Gasteiger partial charge in [-0.3, -0.25) is 9.48 Å². The van der Waals surface area contributed by atoms with Crippen LogP contribution < -0.4 is 5.32 Å². The van der Waals surface area contributed by atoms with Gasteiger partial charge in [-0.15, -0.1) is 0 Å². The third-order valence-corrected chi connectivity index (χ3v) is 3.97. The van der Waals surface area contributed by atoms with Crippen molar-refractivity contribution in [3.8, 4) is 0 Å². The van der Waals surface area contributed by atoms with Gasteiger partial charge in [0.05, 0.1) is 6.54 Å². The summed E-state index contributed by atoms with van der Waals surface area (Å²) in [5, 5.41) is 7.77. The minimum atomic E-state index is -0.266. The first-order chi connectivity index (χ1) is 12.1. The lowest BCUT2D eigenvalue weighted by Gasteiger charge is -2.04. The molecule has 128 valence electrons. The number of benzene rings is 2. The fourth-order valence-corrected chi connectivity index (χ4v) is 2.53. The van der Waals surface area contributed by atoms with Gasteiger partial charge in [-0.05, 0) is 41.8 Å². The largest absolute Gasteiger partial charge is 0.309 e. The van der Waals surface area contributed by atoms with E-state index in [4.69, 9.17) is 11.6 Å². The molecule has 0 radical (unpaired) electrons. The number of carbonyl (C=O) groups excluding carboxylic acids is 1. The molecular formula is C19H17ClFN3O. The van der Waals surface area contributed by atoms with Crippen LogP contribution in [0.4, 0.5) is 10.2 Å². The van der Waals surface area contributed by atoms with Gasteiger partial charge in [0.2, 0.25) is 5.91 Å². The van der Waals surface area contributed by atoms with Gasteiger partial charge >= 0.3 is 0 Å². The van der Waals surface area contributed by atoms with Crippen LogP contribution in [0.5, 0.6) is 0 Å². The molecule has 0 unspecified atom stereocenters. The SMILES string of the molecule is O=C(CCc1ccc(Cl)cc1)Nc1ccn(Cc2ccc(F)cc2)n1. The molecule has 0 bridgehead atoms. The molecule has 3 rings (SSSR count). The van der Waals surface area contributed by atoms with Crippen molar-refractivity contribution in [2.45, 2.75) is 19.4 Å². The summed E-state index contributed by atoms with van der Waals surface area (Å²) in [5.74, 6) is 0.142. The highest BCUT2D eigenvalue weighted by molar-refractivity contribution is 6.30. The maximum absolute atomic E-state index is 12.9. The Labute approximate surface area is 150 Å². The van der Waals surface area contributed by atoms with E-state index < -0.39 is 0 Å². The number of nitrogens with zero attached hydrogens (tertiary/aromatic N) is 2. The Bertz CT molecular complexity index is 844. The predicted octanol–water partition coefficient (Wildman–Crippen LogP) is 4.30. The minimum Gasteiger partial charge on any atom is -0.309 e. The van der Waals surface area contributed by atoms with Gasteiger partial charge in [0, 0.05) is 23.7 Å². The second kappa shape index (κ2) is 7.94. The van der Waals surface area contributed by atoms with Crippen molar-refractivity contribution in [2.75, 3.05) is 5.32 Å². The molecule has 1 amide bonds. The van der Waals surface area contributed by atoms with Crippen LogP contribution in [0.2, 0.25) is 5.02 Å². The summed E-state index contributed by atoms with van der Waals surface area (Å²) in [6.45, 7) is 0.515. The average molecular weight is 358 g/mol. The number of rotatable bonds is 6. The van der Waals surface area contributed by atoms with Gasteiger partial charge in [0.15, 0.2) is 5.82 Å². The lowest BCUT2D eigenvalue weighted by Crippen LogP contribution is -2.13. The zero-order chi connectivity index (χ0) is 17.6. The number of anilines is 1. The minimum absolute atomic E-state index is 0.0954. The molecule has 0 spiro atoms. The van der Waals surface area contributed by atoms with Crippen molar-refractivity contribution in [2.24, 2.45) is 0 Å². The standard InChI is InChI=1S/C19H17ClFN3O/c20-16-6-1-14(2-7-16)5-10-19(25)22-18-11-12-24(23-18)13-15-3-8-17(21)9-4-15/h1-4,6-9,11-12H,5,10,13H2,(H,22,23,25). The summed E-state index contributed by atoms with van der Waals surface area (Å²) >= 11 is 5.84. The molecule has 0 saturated carbocycles. The van der Waals surface area contributed by atoms with E-state index in [-0.39, 0.29) is 11.7 Å². The normalized spacial score (nSPS) is 10.6. The second-order valence-electron chi connectivity index (χ2n) is 5.70. The summed E-state index contributed by atoms with van der Waals surface area (Å²) < 4.78 is 14.6. The van der Waals surface area contributed by atoms with Crippen LogP contribution in [0, 0.1) is 5.82 Å². The zero-order valence-corrected chi connectivity index (χ0v) is 14.2. The van der Waals surface area contributed by atoms with Crippen molar-refractivity contribution in [3.05, 3.63) is 82.8 Å². The van der Waals surface area contributed by atoms with Gasteiger partial charge in [-0.1, -0.05) is 35.9 Å². The first-order valence-electron chi connectivity index (χ1n) is 7.91. The van der Waals surface area contributed by atoms with E-state index in [1.807, 2.05) is 24.3 Å². The third-order valence-electron chi connectivity index (χ3n) is 3.72. The summed E-state index contributed by atoms with van der Waals surface area (Å²) in [5.41, 5.74) is 1.99. The molecular weight excluding hydrogens is 341 g/mol. The first-order valence-corrected chi connectivity index (χ1v) is 8.28. The fraction of sp³-hybridized carbons (Fsp3) is 0.158. The van der Waals surface area contributed by atoms with Crippen molar-refractivity contribution in [1.82, 2.24) is 9.78 Å². The second-order valence-corrected chi connectivity index (χ2v) is 6.14. The van der Waals surface area contributed by atoms with Crippen LogP contribution >= 0.6 is 11.6 Å². The van der Waals surface area contributed by atoms with E-state index in [2.05, 4.69) is 10.4 Å².